The van der Waals surface area contributed by atoms with Crippen LogP contribution < -0.4 is 5.73 Å². The molecular weight excluding hydrogens is 255 g/mol. The fourth-order valence-corrected chi connectivity index (χ4v) is 3.07. The average molecular weight is 276 g/mol. The lowest BCUT2D eigenvalue weighted by Gasteiger charge is -2.38. The Hall–Kier alpha value is -1.42. The summed E-state index contributed by atoms with van der Waals surface area (Å²) in [5, 5.41) is 0. The number of benzene rings is 1. The number of carbonyl (C=O) groups is 1. The molecule has 0 bridgehead atoms. The van der Waals surface area contributed by atoms with E-state index in [1.165, 1.54) is 12.1 Å². The van der Waals surface area contributed by atoms with Gasteiger partial charge in [0.1, 0.15) is 5.82 Å². The highest BCUT2D eigenvalue weighted by Crippen LogP contribution is 2.47. The number of halogens is 1. The summed E-state index contributed by atoms with van der Waals surface area (Å²) in [4.78, 5) is 14.3. The van der Waals surface area contributed by atoms with Crippen LogP contribution in [-0.2, 0) is 4.79 Å². The van der Waals surface area contributed by atoms with E-state index in [-0.39, 0.29) is 29.1 Å². The third-order valence-corrected chi connectivity index (χ3v) is 4.76. The van der Waals surface area contributed by atoms with Gasteiger partial charge in [0.05, 0.1) is 0 Å². The molecule has 1 aliphatic heterocycles. The molecule has 0 aromatic heterocycles. The van der Waals surface area contributed by atoms with Crippen molar-refractivity contribution in [1.82, 2.24) is 4.90 Å². The lowest BCUT2D eigenvalue weighted by atomic mass is 9.85. The summed E-state index contributed by atoms with van der Waals surface area (Å²) in [6, 6.07) is 6.50. The van der Waals surface area contributed by atoms with Crippen molar-refractivity contribution in [3.05, 3.63) is 35.6 Å². The first-order valence-electron chi connectivity index (χ1n) is 7.30. The molecular formula is C16H21FN2O. The summed E-state index contributed by atoms with van der Waals surface area (Å²) in [5.41, 5.74) is 7.20. The molecule has 4 heteroatoms. The Bertz CT molecular complexity index is 510. The van der Waals surface area contributed by atoms with Gasteiger partial charge in [-0.2, -0.15) is 0 Å². The van der Waals surface area contributed by atoms with Gasteiger partial charge in [-0.3, -0.25) is 4.79 Å². The van der Waals surface area contributed by atoms with Gasteiger partial charge in [-0.15, -0.1) is 0 Å². The van der Waals surface area contributed by atoms with Gasteiger partial charge < -0.3 is 10.6 Å². The zero-order valence-corrected chi connectivity index (χ0v) is 11.8. The molecule has 2 aliphatic rings. The van der Waals surface area contributed by atoms with Gasteiger partial charge in [0.15, 0.2) is 0 Å². The van der Waals surface area contributed by atoms with Crippen LogP contribution in [0.15, 0.2) is 24.3 Å². The van der Waals surface area contributed by atoms with E-state index in [1.807, 2.05) is 11.8 Å². The summed E-state index contributed by atoms with van der Waals surface area (Å²) >= 11 is 0. The smallest absolute Gasteiger partial charge is 0.228 e. The van der Waals surface area contributed by atoms with Gasteiger partial charge in [-0.25, -0.2) is 4.39 Å². The highest BCUT2D eigenvalue weighted by atomic mass is 19.1. The second-order valence-electron chi connectivity index (χ2n) is 6.42. The number of rotatable bonds is 2. The number of carbonyl (C=O) groups excluding carboxylic acids is 1. The third-order valence-electron chi connectivity index (χ3n) is 4.76. The maximum absolute atomic E-state index is 13.0. The van der Waals surface area contributed by atoms with Gasteiger partial charge in [0.25, 0.3) is 0 Å². The minimum Gasteiger partial charge on any atom is -0.341 e. The molecule has 0 radical (unpaired) electrons. The molecule has 2 fully saturated rings. The highest BCUT2D eigenvalue weighted by Gasteiger charge is 2.48. The first-order valence-corrected chi connectivity index (χ1v) is 7.30. The van der Waals surface area contributed by atoms with Crippen LogP contribution >= 0.6 is 0 Å². The van der Waals surface area contributed by atoms with Crippen molar-refractivity contribution in [2.75, 3.05) is 13.1 Å². The van der Waals surface area contributed by atoms with Crippen molar-refractivity contribution < 1.29 is 9.18 Å². The van der Waals surface area contributed by atoms with Crippen molar-refractivity contribution in [2.45, 2.75) is 38.1 Å². The summed E-state index contributed by atoms with van der Waals surface area (Å²) in [5.74, 6) is 0.244. The Kier molecular flexibility index (Phi) is 3.28. The normalized spacial score (nSPS) is 28.2. The molecule has 1 aromatic carbocycles. The fourth-order valence-electron chi connectivity index (χ4n) is 3.07. The Morgan fingerprint density at radius 1 is 1.35 bits per heavy atom. The van der Waals surface area contributed by atoms with Crippen molar-refractivity contribution >= 4 is 5.91 Å². The molecule has 3 rings (SSSR count). The molecule has 3 nitrogen and oxygen atoms in total. The van der Waals surface area contributed by atoms with Crippen LogP contribution in [0.2, 0.25) is 0 Å². The minimum atomic E-state index is -0.225. The SMILES string of the molecule is CC1(C(=O)N2CCC(c3ccc(F)cc3)C(N)C2)CC1. The molecule has 20 heavy (non-hydrogen) atoms. The molecule has 1 aliphatic carbocycles. The van der Waals surface area contributed by atoms with Crippen LogP contribution in [0.25, 0.3) is 0 Å². The molecule has 1 saturated carbocycles. The zero-order chi connectivity index (χ0) is 14.3. The van der Waals surface area contributed by atoms with Crippen molar-refractivity contribution in [1.29, 1.82) is 0 Å². The largest absolute Gasteiger partial charge is 0.341 e. The summed E-state index contributed by atoms with van der Waals surface area (Å²) in [6.45, 7) is 3.40. The molecule has 2 unspecified atom stereocenters. The van der Waals surface area contributed by atoms with Crippen LogP contribution in [0, 0.1) is 11.2 Å². The van der Waals surface area contributed by atoms with E-state index in [0.717, 1.165) is 31.4 Å². The molecule has 2 N–H and O–H groups in total. The first-order chi connectivity index (χ1) is 9.49. The lowest BCUT2D eigenvalue weighted by molar-refractivity contribution is -0.137. The monoisotopic (exact) mass is 276 g/mol. The molecule has 1 heterocycles. The molecule has 2 atom stereocenters. The summed E-state index contributed by atoms with van der Waals surface area (Å²) < 4.78 is 13.0. The van der Waals surface area contributed by atoms with Gasteiger partial charge in [0.2, 0.25) is 5.91 Å². The Labute approximate surface area is 118 Å². The lowest BCUT2D eigenvalue weighted by Crippen LogP contribution is -2.51. The van der Waals surface area contributed by atoms with Crippen molar-refractivity contribution in [3.8, 4) is 0 Å². The molecule has 1 aromatic rings. The minimum absolute atomic E-state index is 0.0690. The van der Waals surface area contributed by atoms with E-state index in [1.54, 1.807) is 12.1 Å². The zero-order valence-electron chi connectivity index (χ0n) is 11.8. The van der Waals surface area contributed by atoms with E-state index in [0.29, 0.717) is 6.54 Å². The first kappa shape index (κ1) is 13.6. The average Bonchev–Trinajstić information content (AvgIpc) is 3.18. The van der Waals surface area contributed by atoms with Gasteiger partial charge in [0, 0.05) is 30.5 Å². The summed E-state index contributed by atoms with van der Waals surface area (Å²) in [6.07, 6.45) is 2.85. The number of hydrogen-bond acceptors (Lipinski definition) is 2. The number of nitrogens with two attached hydrogens (primary N) is 1. The van der Waals surface area contributed by atoms with E-state index >= 15 is 0 Å². The maximum Gasteiger partial charge on any atom is 0.228 e. The van der Waals surface area contributed by atoms with E-state index in [2.05, 4.69) is 0 Å². The standard InChI is InChI=1S/C16H21FN2O/c1-16(7-8-16)15(20)19-9-6-13(14(18)10-19)11-2-4-12(17)5-3-11/h2-5,13-14H,6-10,18H2,1H3. The topological polar surface area (TPSA) is 46.3 Å². The van der Waals surface area contributed by atoms with Crippen molar-refractivity contribution in [2.24, 2.45) is 11.1 Å². The number of amides is 1. The summed E-state index contributed by atoms with van der Waals surface area (Å²) in [7, 11) is 0. The quantitative estimate of drug-likeness (QED) is 0.900. The van der Waals surface area contributed by atoms with Crippen molar-refractivity contribution in [3.63, 3.8) is 0 Å². The van der Waals surface area contributed by atoms with Gasteiger partial charge >= 0.3 is 0 Å². The molecule has 1 saturated heterocycles. The Morgan fingerprint density at radius 2 is 2.00 bits per heavy atom. The number of nitrogens with zero attached hydrogens (tertiary/aromatic N) is 1. The molecule has 0 spiro atoms. The number of hydrogen-bond donors (Lipinski definition) is 1. The Balaban J connectivity index is 1.67. The second kappa shape index (κ2) is 4.85. The van der Waals surface area contributed by atoms with Crippen LogP contribution in [0.5, 0.6) is 0 Å². The predicted octanol–water partition coefficient (Wildman–Crippen LogP) is 2.27. The van der Waals surface area contributed by atoms with Crippen LogP contribution in [0.3, 0.4) is 0 Å². The number of likely N-dealkylation sites (tertiary alicyclic amines) is 1. The molecule has 1 amide bonds. The fraction of sp³-hybridized carbons (Fsp3) is 0.562. The van der Waals surface area contributed by atoms with Gasteiger partial charge in [-0.1, -0.05) is 19.1 Å². The van der Waals surface area contributed by atoms with E-state index < -0.39 is 0 Å². The number of piperidine rings is 1. The highest BCUT2D eigenvalue weighted by molar-refractivity contribution is 5.85. The predicted molar refractivity (Wildman–Crippen MR) is 75.7 cm³/mol. The second-order valence-corrected chi connectivity index (χ2v) is 6.42. The Morgan fingerprint density at radius 3 is 2.55 bits per heavy atom. The maximum atomic E-state index is 13.0. The van der Waals surface area contributed by atoms with Crippen LogP contribution in [-0.4, -0.2) is 29.9 Å². The van der Waals surface area contributed by atoms with E-state index in [9.17, 15) is 9.18 Å². The molecule has 108 valence electrons. The van der Waals surface area contributed by atoms with Crippen LogP contribution in [0.1, 0.15) is 37.7 Å². The van der Waals surface area contributed by atoms with E-state index in [4.69, 9.17) is 5.73 Å². The third kappa shape index (κ3) is 2.44. The van der Waals surface area contributed by atoms with Gasteiger partial charge in [-0.05, 0) is 37.0 Å². The van der Waals surface area contributed by atoms with Crippen LogP contribution in [0.4, 0.5) is 4.39 Å².